The molecule has 3 rings (SSSR count). The number of benzene rings is 1. The number of nitrogens with two attached hydrogens (primary N) is 1. The third kappa shape index (κ3) is 2.91. The number of hydrogen-bond donors (Lipinski definition) is 2. The number of carbonyl (C=O) groups excluding carboxylic acids is 1. The lowest BCUT2D eigenvalue weighted by molar-refractivity contribution is 0.0953. The first-order chi connectivity index (χ1) is 9.66. The summed E-state index contributed by atoms with van der Waals surface area (Å²) in [7, 11) is 0. The predicted octanol–water partition coefficient (Wildman–Crippen LogP) is 1.95. The summed E-state index contributed by atoms with van der Waals surface area (Å²) in [6.07, 6.45) is 3.24. The second-order valence-electron chi connectivity index (χ2n) is 4.85. The van der Waals surface area contributed by atoms with E-state index in [0.717, 1.165) is 19.4 Å². The Morgan fingerprint density at radius 2 is 2.29 bits per heavy atom. The van der Waals surface area contributed by atoms with Crippen molar-refractivity contribution in [1.29, 1.82) is 0 Å². The molecule has 0 radical (unpaired) electrons. The highest BCUT2D eigenvalue weighted by Gasteiger charge is 2.26. The van der Waals surface area contributed by atoms with Crippen molar-refractivity contribution in [2.24, 2.45) is 0 Å². The molecule has 21 heavy (non-hydrogen) atoms. The molecule has 112 valence electrons. The van der Waals surface area contributed by atoms with Gasteiger partial charge in [0.25, 0.3) is 0 Å². The van der Waals surface area contributed by atoms with E-state index in [2.05, 4.69) is 10.4 Å². The van der Waals surface area contributed by atoms with Crippen LogP contribution in [0.15, 0.2) is 30.5 Å². The van der Waals surface area contributed by atoms with Crippen molar-refractivity contribution in [3.63, 3.8) is 0 Å². The van der Waals surface area contributed by atoms with Crippen LogP contribution in [-0.4, -0.2) is 28.2 Å². The van der Waals surface area contributed by atoms with Gasteiger partial charge in [0, 0.05) is 0 Å². The van der Waals surface area contributed by atoms with Crippen molar-refractivity contribution in [2.45, 2.75) is 18.9 Å². The number of nitrogen functional groups attached to an aromatic ring is 1. The fourth-order valence-corrected chi connectivity index (χ4v) is 2.46. The summed E-state index contributed by atoms with van der Waals surface area (Å²) in [6.45, 7) is 0.842. The Morgan fingerprint density at radius 3 is 2.95 bits per heavy atom. The summed E-state index contributed by atoms with van der Waals surface area (Å²) < 4.78 is 14.6. The molecule has 3 N–H and O–H groups in total. The second kappa shape index (κ2) is 6.24. The van der Waals surface area contributed by atoms with Gasteiger partial charge in [-0.25, -0.2) is 9.07 Å². The van der Waals surface area contributed by atoms with Gasteiger partial charge in [-0.05, 0) is 37.6 Å². The zero-order chi connectivity index (χ0) is 14.1. The number of nitrogens with zero attached hydrogens (tertiary/aromatic N) is 2. The van der Waals surface area contributed by atoms with Gasteiger partial charge in [0.15, 0.2) is 5.78 Å². The fourth-order valence-electron chi connectivity index (χ4n) is 2.46. The highest BCUT2D eigenvalue weighted by molar-refractivity contribution is 6.03. The lowest BCUT2D eigenvalue weighted by Gasteiger charge is -2.09. The Kier molecular flexibility index (Phi) is 4.59. The van der Waals surface area contributed by atoms with Gasteiger partial charge in [0.2, 0.25) is 0 Å². The number of halogens is 2. The molecular formula is C14H16ClFN4O. The second-order valence-corrected chi connectivity index (χ2v) is 4.85. The minimum Gasteiger partial charge on any atom is -0.383 e. The van der Waals surface area contributed by atoms with Gasteiger partial charge >= 0.3 is 0 Å². The predicted molar refractivity (Wildman–Crippen MR) is 80.5 cm³/mol. The third-order valence-electron chi connectivity index (χ3n) is 3.50. The summed E-state index contributed by atoms with van der Waals surface area (Å²) >= 11 is 0. The number of Topliss-reactive ketones (excluding diaryl/α,β-unsaturated/α-hetero) is 1. The third-order valence-corrected chi connectivity index (χ3v) is 3.50. The van der Waals surface area contributed by atoms with E-state index >= 15 is 0 Å². The highest BCUT2D eigenvalue weighted by Crippen LogP contribution is 2.21. The van der Waals surface area contributed by atoms with Gasteiger partial charge in [0.05, 0.1) is 23.5 Å². The quantitative estimate of drug-likeness (QED) is 0.850. The van der Waals surface area contributed by atoms with E-state index in [-0.39, 0.29) is 35.9 Å². The topological polar surface area (TPSA) is 72.9 Å². The molecule has 1 aromatic heterocycles. The molecule has 0 saturated carbocycles. The number of aromatic nitrogens is 2. The largest absolute Gasteiger partial charge is 0.383 e. The molecule has 1 unspecified atom stereocenters. The summed E-state index contributed by atoms with van der Waals surface area (Å²) in [5, 5.41) is 7.23. The molecule has 1 aliphatic heterocycles. The number of nitrogens with one attached hydrogen (secondary N) is 1. The molecular weight excluding hydrogens is 295 g/mol. The van der Waals surface area contributed by atoms with Crippen LogP contribution < -0.4 is 11.1 Å². The molecule has 2 heterocycles. The molecule has 2 aromatic rings. The summed E-state index contributed by atoms with van der Waals surface area (Å²) in [5.74, 6) is -0.181. The van der Waals surface area contributed by atoms with Gasteiger partial charge in [-0.1, -0.05) is 6.07 Å². The van der Waals surface area contributed by atoms with Gasteiger partial charge in [-0.2, -0.15) is 5.10 Å². The maximum Gasteiger partial charge on any atom is 0.185 e. The zero-order valence-electron chi connectivity index (χ0n) is 11.3. The number of anilines is 1. The van der Waals surface area contributed by atoms with Crippen LogP contribution in [0.25, 0.3) is 5.69 Å². The number of hydrogen-bond acceptors (Lipinski definition) is 4. The Hall–Kier alpha value is -1.92. The van der Waals surface area contributed by atoms with E-state index in [0.29, 0.717) is 11.3 Å². The van der Waals surface area contributed by atoms with E-state index in [1.807, 2.05) is 0 Å². The SMILES string of the molecule is Cl.Nc1c(C(=O)C2CCCN2)cnn1-c1cccc(F)c1. The summed E-state index contributed by atoms with van der Waals surface area (Å²) in [6, 6.07) is 5.74. The molecule has 0 spiro atoms. The monoisotopic (exact) mass is 310 g/mol. The van der Waals surface area contributed by atoms with Crippen LogP contribution in [0.1, 0.15) is 23.2 Å². The van der Waals surface area contributed by atoms with Crippen LogP contribution in [0.3, 0.4) is 0 Å². The van der Waals surface area contributed by atoms with Crippen molar-refractivity contribution < 1.29 is 9.18 Å². The number of rotatable bonds is 3. The van der Waals surface area contributed by atoms with Gasteiger partial charge < -0.3 is 11.1 Å². The zero-order valence-corrected chi connectivity index (χ0v) is 12.1. The van der Waals surface area contributed by atoms with Gasteiger partial charge in [0.1, 0.15) is 11.6 Å². The van der Waals surface area contributed by atoms with E-state index in [4.69, 9.17) is 5.73 Å². The molecule has 5 nitrogen and oxygen atoms in total. The number of carbonyl (C=O) groups is 1. The summed E-state index contributed by atoms with van der Waals surface area (Å²) in [4.78, 5) is 12.3. The van der Waals surface area contributed by atoms with E-state index in [1.54, 1.807) is 12.1 Å². The van der Waals surface area contributed by atoms with Crippen LogP contribution in [0.5, 0.6) is 0 Å². The first-order valence-corrected chi connectivity index (χ1v) is 6.54. The lowest BCUT2D eigenvalue weighted by Crippen LogP contribution is -2.31. The normalized spacial score (nSPS) is 17.5. The first kappa shape index (κ1) is 15.5. The van der Waals surface area contributed by atoms with Crippen LogP contribution >= 0.6 is 12.4 Å². The molecule has 0 bridgehead atoms. The highest BCUT2D eigenvalue weighted by atomic mass is 35.5. The minimum absolute atomic E-state index is 0. The van der Waals surface area contributed by atoms with E-state index < -0.39 is 0 Å². The first-order valence-electron chi connectivity index (χ1n) is 6.54. The van der Waals surface area contributed by atoms with Crippen molar-refractivity contribution in [3.05, 3.63) is 41.8 Å². The Labute approximate surface area is 127 Å². The van der Waals surface area contributed by atoms with Crippen molar-refractivity contribution >= 4 is 24.0 Å². The average molecular weight is 311 g/mol. The minimum atomic E-state index is -0.372. The number of ketones is 1. The van der Waals surface area contributed by atoms with Crippen molar-refractivity contribution in [2.75, 3.05) is 12.3 Å². The lowest BCUT2D eigenvalue weighted by atomic mass is 10.1. The Morgan fingerprint density at radius 1 is 1.48 bits per heavy atom. The van der Waals surface area contributed by atoms with Crippen LogP contribution in [0.4, 0.5) is 10.2 Å². The van der Waals surface area contributed by atoms with Crippen LogP contribution in [-0.2, 0) is 0 Å². The maximum atomic E-state index is 13.2. The fraction of sp³-hybridized carbons (Fsp3) is 0.286. The van der Waals surface area contributed by atoms with Crippen molar-refractivity contribution in [1.82, 2.24) is 15.1 Å². The molecule has 1 fully saturated rings. The molecule has 1 saturated heterocycles. The summed E-state index contributed by atoms with van der Waals surface area (Å²) in [5.41, 5.74) is 6.87. The maximum absolute atomic E-state index is 13.2. The molecule has 1 aliphatic rings. The molecule has 1 atom stereocenters. The Bertz CT molecular complexity index is 652. The van der Waals surface area contributed by atoms with Crippen LogP contribution in [0, 0.1) is 5.82 Å². The Balaban J connectivity index is 0.00000161. The van der Waals surface area contributed by atoms with Gasteiger partial charge in [-0.3, -0.25) is 4.79 Å². The molecule has 7 heteroatoms. The smallest absolute Gasteiger partial charge is 0.185 e. The van der Waals surface area contributed by atoms with Crippen molar-refractivity contribution in [3.8, 4) is 5.69 Å². The molecule has 0 aliphatic carbocycles. The average Bonchev–Trinajstić information content (AvgIpc) is 3.07. The molecule has 1 aromatic carbocycles. The van der Waals surface area contributed by atoms with Crippen LogP contribution in [0.2, 0.25) is 0 Å². The molecule has 0 amide bonds. The standard InChI is InChI=1S/C14H15FN4O.ClH/c15-9-3-1-4-10(7-9)19-14(16)11(8-18-19)13(20)12-5-2-6-17-12;/h1,3-4,7-8,12,17H,2,5-6,16H2;1H. The van der Waals surface area contributed by atoms with Gasteiger partial charge in [-0.15, -0.1) is 12.4 Å². The van der Waals surface area contributed by atoms with E-state index in [1.165, 1.54) is 23.0 Å². The van der Waals surface area contributed by atoms with E-state index in [9.17, 15) is 9.18 Å².